The van der Waals surface area contributed by atoms with Gasteiger partial charge in [0.25, 0.3) is 0 Å². The van der Waals surface area contributed by atoms with Crippen molar-refractivity contribution in [2.24, 2.45) is 18.9 Å². The largest absolute Gasteiger partial charge is 0.272 e. The van der Waals surface area contributed by atoms with Crippen LogP contribution < -0.4 is 0 Å². The molecular weight excluding hydrogens is 421 g/mol. The minimum Gasteiger partial charge on any atom is -0.272 e. The zero-order chi connectivity index (χ0) is 22.9. The van der Waals surface area contributed by atoms with E-state index in [2.05, 4.69) is 16.1 Å². The van der Waals surface area contributed by atoms with Crippen molar-refractivity contribution >= 4 is 16.9 Å². The summed E-state index contributed by atoms with van der Waals surface area (Å²) in [7, 11) is 1.92. The average Bonchev–Trinajstić information content (AvgIpc) is 3.46. The Labute approximate surface area is 191 Å². The summed E-state index contributed by atoms with van der Waals surface area (Å²) < 4.78 is 15.8. The molecule has 1 saturated carbocycles. The number of aromatic nitrogens is 3. The first-order chi connectivity index (χ1) is 16.0. The van der Waals surface area contributed by atoms with Gasteiger partial charge < -0.3 is 0 Å². The second-order valence-corrected chi connectivity index (χ2v) is 9.12. The van der Waals surface area contributed by atoms with E-state index in [1.54, 1.807) is 12.3 Å². The summed E-state index contributed by atoms with van der Waals surface area (Å²) in [4.78, 5) is 23.5. The summed E-state index contributed by atoms with van der Waals surface area (Å²) in [6.45, 7) is 0.410. The van der Waals surface area contributed by atoms with Crippen LogP contribution in [0.5, 0.6) is 0 Å². The molecule has 0 radical (unpaired) electrons. The van der Waals surface area contributed by atoms with Crippen LogP contribution in [-0.2, 0) is 23.1 Å². The quantitative estimate of drug-likeness (QED) is 0.598. The number of aryl methyl sites for hydroxylation is 1. The summed E-state index contributed by atoms with van der Waals surface area (Å²) in [5.74, 6) is -0.0823. The van der Waals surface area contributed by atoms with Gasteiger partial charge in [-0.05, 0) is 73.4 Å². The summed E-state index contributed by atoms with van der Waals surface area (Å²) in [5.41, 5.74) is 4.00. The molecule has 1 aliphatic carbocycles. The molecule has 1 aliphatic heterocycles. The maximum atomic E-state index is 14.0. The molecule has 3 aromatic rings. The molecule has 3 heterocycles. The van der Waals surface area contributed by atoms with Gasteiger partial charge in [-0.3, -0.25) is 19.3 Å². The summed E-state index contributed by atoms with van der Waals surface area (Å²) in [5, 5.41) is 14.8. The SMILES string of the molecule is Cn1ncc2ncc(CC3CCC(C(=O)N4OCC[C@H]4c4cc(F)cc(C#N)c4)CC3)cc21. The third-order valence-corrected chi connectivity index (χ3v) is 6.93. The Kier molecular flexibility index (Phi) is 5.81. The van der Waals surface area contributed by atoms with Crippen LogP contribution in [-0.4, -0.2) is 32.3 Å². The van der Waals surface area contributed by atoms with E-state index in [4.69, 9.17) is 10.1 Å². The highest BCUT2D eigenvalue weighted by Crippen LogP contribution is 2.37. The van der Waals surface area contributed by atoms with Gasteiger partial charge in [-0.15, -0.1) is 0 Å². The van der Waals surface area contributed by atoms with E-state index >= 15 is 0 Å². The van der Waals surface area contributed by atoms with Crippen molar-refractivity contribution < 1.29 is 14.0 Å². The number of pyridine rings is 1. The molecule has 7 nitrogen and oxygen atoms in total. The summed E-state index contributed by atoms with van der Waals surface area (Å²) >= 11 is 0. The molecule has 2 fully saturated rings. The van der Waals surface area contributed by atoms with Crippen molar-refractivity contribution in [3.05, 3.63) is 59.2 Å². The Balaban J connectivity index is 1.22. The molecule has 1 amide bonds. The zero-order valence-corrected chi connectivity index (χ0v) is 18.6. The Bertz CT molecular complexity index is 1230. The highest BCUT2D eigenvalue weighted by Gasteiger charge is 2.37. The van der Waals surface area contributed by atoms with E-state index < -0.39 is 5.82 Å². The van der Waals surface area contributed by atoms with Crippen LogP contribution in [0.25, 0.3) is 11.0 Å². The van der Waals surface area contributed by atoms with E-state index in [0.29, 0.717) is 24.5 Å². The molecule has 5 rings (SSSR count). The van der Waals surface area contributed by atoms with E-state index in [9.17, 15) is 9.18 Å². The Morgan fingerprint density at radius 2 is 2.00 bits per heavy atom. The first kappa shape index (κ1) is 21.5. The number of hydroxylamine groups is 2. The van der Waals surface area contributed by atoms with E-state index in [1.165, 1.54) is 22.8 Å². The number of halogens is 1. The van der Waals surface area contributed by atoms with Gasteiger partial charge in [0.2, 0.25) is 5.91 Å². The number of fused-ring (bicyclic) bond motifs is 1. The minimum absolute atomic E-state index is 0.0308. The maximum absolute atomic E-state index is 14.0. The molecule has 8 heteroatoms. The molecule has 2 aromatic heterocycles. The molecular formula is C25H26FN5O2. The summed E-state index contributed by atoms with van der Waals surface area (Å²) in [6.07, 6.45) is 8.80. The first-order valence-corrected chi connectivity index (χ1v) is 11.4. The molecule has 170 valence electrons. The van der Waals surface area contributed by atoms with Gasteiger partial charge in [0.05, 0.1) is 36.0 Å². The maximum Gasteiger partial charge on any atom is 0.249 e. The van der Waals surface area contributed by atoms with Gasteiger partial charge in [0, 0.05) is 25.6 Å². The Morgan fingerprint density at radius 3 is 2.79 bits per heavy atom. The molecule has 0 unspecified atom stereocenters. The normalized spacial score (nSPS) is 23.1. The third-order valence-electron chi connectivity index (χ3n) is 6.93. The number of carbonyl (C=O) groups is 1. The number of nitrogens with zero attached hydrogens (tertiary/aromatic N) is 5. The molecule has 2 aliphatic rings. The fourth-order valence-electron chi connectivity index (χ4n) is 5.16. The van der Waals surface area contributed by atoms with Gasteiger partial charge in [-0.1, -0.05) is 0 Å². The molecule has 1 atom stereocenters. The zero-order valence-electron chi connectivity index (χ0n) is 18.6. The molecule has 33 heavy (non-hydrogen) atoms. The lowest BCUT2D eigenvalue weighted by Gasteiger charge is -2.32. The monoisotopic (exact) mass is 447 g/mol. The number of benzene rings is 1. The second-order valence-electron chi connectivity index (χ2n) is 9.12. The van der Waals surface area contributed by atoms with Crippen molar-refractivity contribution in [3.63, 3.8) is 0 Å². The van der Waals surface area contributed by atoms with Crippen LogP contribution in [0.4, 0.5) is 4.39 Å². The molecule has 0 N–H and O–H groups in total. The number of nitriles is 1. The first-order valence-electron chi connectivity index (χ1n) is 11.4. The fraction of sp³-hybridized carbons (Fsp3) is 0.440. The smallest absolute Gasteiger partial charge is 0.249 e. The lowest BCUT2D eigenvalue weighted by Crippen LogP contribution is -2.36. The predicted molar refractivity (Wildman–Crippen MR) is 119 cm³/mol. The number of amides is 1. The van der Waals surface area contributed by atoms with Crippen LogP contribution in [0.3, 0.4) is 0 Å². The average molecular weight is 448 g/mol. The van der Waals surface area contributed by atoms with Crippen LogP contribution in [0.1, 0.15) is 54.8 Å². The van der Waals surface area contributed by atoms with Gasteiger partial charge in [-0.2, -0.15) is 10.4 Å². The Hall–Kier alpha value is -3.31. The van der Waals surface area contributed by atoms with Gasteiger partial charge in [0.15, 0.2) is 0 Å². The predicted octanol–water partition coefficient (Wildman–Crippen LogP) is 4.23. The molecule has 0 spiro atoms. The van der Waals surface area contributed by atoms with E-state index in [1.807, 2.05) is 24.0 Å². The highest BCUT2D eigenvalue weighted by molar-refractivity contribution is 5.78. The Morgan fingerprint density at radius 1 is 1.18 bits per heavy atom. The minimum atomic E-state index is -0.470. The van der Waals surface area contributed by atoms with Gasteiger partial charge >= 0.3 is 0 Å². The lowest BCUT2D eigenvalue weighted by atomic mass is 9.79. The number of rotatable bonds is 4. The van der Waals surface area contributed by atoms with Crippen LogP contribution in [0.15, 0.2) is 36.7 Å². The molecule has 1 aromatic carbocycles. The molecule has 0 bridgehead atoms. The van der Waals surface area contributed by atoms with E-state index in [0.717, 1.165) is 43.1 Å². The van der Waals surface area contributed by atoms with Crippen LogP contribution >= 0.6 is 0 Å². The highest BCUT2D eigenvalue weighted by atomic mass is 19.1. The number of hydrogen-bond acceptors (Lipinski definition) is 5. The topological polar surface area (TPSA) is 84.0 Å². The van der Waals surface area contributed by atoms with E-state index in [-0.39, 0.29) is 23.4 Å². The van der Waals surface area contributed by atoms with Crippen molar-refractivity contribution in [2.45, 2.75) is 44.6 Å². The van der Waals surface area contributed by atoms with Crippen molar-refractivity contribution in [1.29, 1.82) is 5.26 Å². The van der Waals surface area contributed by atoms with Crippen molar-refractivity contribution in [1.82, 2.24) is 19.8 Å². The van der Waals surface area contributed by atoms with Crippen LogP contribution in [0, 0.1) is 29.0 Å². The lowest BCUT2D eigenvalue weighted by molar-refractivity contribution is -0.183. The van der Waals surface area contributed by atoms with Gasteiger partial charge in [0.1, 0.15) is 11.3 Å². The van der Waals surface area contributed by atoms with Crippen LogP contribution in [0.2, 0.25) is 0 Å². The molecule has 1 saturated heterocycles. The van der Waals surface area contributed by atoms with Gasteiger partial charge in [-0.25, -0.2) is 9.45 Å². The third kappa shape index (κ3) is 4.33. The van der Waals surface area contributed by atoms with Crippen molar-refractivity contribution in [3.8, 4) is 6.07 Å². The van der Waals surface area contributed by atoms with Crippen molar-refractivity contribution in [2.75, 3.05) is 6.61 Å². The fourth-order valence-corrected chi connectivity index (χ4v) is 5.16. The summed E-state index contributed by atoms with van der Waals surface area (Å²) in [6, 6.07) is 8.03. The second kappa shape index (κ2) is 8.91. The number of hydrogen-bond donors (Lipinski definition) is 0. The standard InChI is InChI=1S/C25H26FN5O2/c1-30-24-11-18(14-28-22(24)15-29-30)8-16-2-4-19(5-3-16)25(32)31-23(6-7-33-31)20-9-17(13-27)10-21(26)12-20/h9-12,14-16,19,23H,2-8H2,1H3/t16?,19?,23-/m0/s1. The number of carbonyl (C=O) groups excluding carboxylic acids is 1.